The minimum Gasteiger partial charge on any atom is -0.329 e. The maximum absolute atomic E-state index is 5.84. The molecule has 0 aliphatic carbocycles. The summed E-state index contributed by atoms with van der Waals surface area (Å²) in [6.45, 7) is 6.18. The van der Waals surface area contributed by atoms with E-state index in [2.05, 4.69) is 41.9 Å². The fraction of sp³-hybridized carbons (Fsp3) is 0.312. The predicted octanol–water partition coefficient (Wildman–Crippen LogP) is 3.49. The van der Waals surface area contributed by atoms with Gasteiger partial charge >= 0.3 is 0 Å². The van der Waals surface area contributed by atoms with Gasteiger partial charge in [-0.1, -0.05) is 12.1 Å². The Morgan fingerprint density at radius 3 is 2.21 bits per heavy atom. The largest absolute Gasteiger partial charge is 0.329 e. The van der Waals surface area contributed by atoms with Crippen LogP contribution in [0, 0.1) is 13.8 Å². The fourth-order valence-corrected chi connectivity index (χ4v) is 2.14. The van der Waals surface area contributed by atoms with E-state index in [0.717, 1.165) is 17.1 Å². The molecule has 0 amide bonds. The van der Waals surface area contributed by atoms with E-state index in [-0.39, 0.29) is 6.04 Å². The number of anilines is 2. The number of nitrogens with zero attached hydrogens (tertiary/aromatic N) is 2. The van der Waals surface area contributed by atoms with Gasteiger partial charge in [-0.25, -0.2) is 4.98 Å². The number of benzene rings is 1. The lowest BCUT2D eigenvalue weighted by Crippen LogP contribution is -2.12. The monoisotopic (exact) mass is 255 g/mol. The summed E-state index contributed by atoms with van der Waals surface area (Å²) < 4.78 is 0. The van der Waals surface area contributed by atoms with Crippen LogP contribution in [0.25, 0.3) is 0 Å². The molecule has 100 valence electrons. The molecule has 2 rings (SSSR count). The third-order valence-electron chi connectivity index (χ3n) is 3.23. The molecule has 0 spiro atoms. The summed E-state index contributed by atoms with van der Waals surface area (Å²) in [5, 5.41) is 0. The van der Waals surface area contributed by atoms with Gasteiger partial charge in [0.2, 0.25) is 0 Å². The van der Waals surface area contributed by atoms with Gasteiger partial charge in [0.05, 0.1) is 0 Å². The van der Waals surface area contributed by atoms with Crippen molar-refractivity contribution >= 4 is 11.5 Å². The summed E-state index contributed by atoms with van der Waals surface area (Å²) in [7, 11) is 2.03. The summed E-state index contributed by atoms with van der Waals surface area (Å²) in [6, 6.07) is 10.6. The first kappa shape index (κ1) is 13.6. The quantitative estimate of drug-likeness (QED) is 0.913. The van der Waals surface area contributed by atoms with Crippen molar-refractivity contribution in [1.82, 2.24) is 4.98 Å². The molecule has 0 bridgehead atoms. The van der Waals surface area contributed by atoms with Gasteiger partial charge in [-0.15, -0.1) is 0 Å². The number of hydrogen-bond donors (Lipinski definition) is 1. The fourth-order valence-electron chi connectivity index (χ4n) is 2.14. The molecule has 3 nitrogen and oxygen atoms in total. The molecule has 0 fully saturated rings. The van der Waals surface area contributed by atoms with Gasteiger partial charge < -0.3 is 10.6 Å². The molecule has 0 unspecified atom stereocenters. The molecule has 1 heterocycles. The number of aromatic nitrogens is 1. The van der Waals surface area contributed by atoms with Crippen molar-refractivity contribution in [1.29, 1.82) is 0 Å². The molecule has 0 aliphatic heterocycles. The van der Waals surface area contributed by atoms with E-state index in [4.69, 9.17) is 5.73 Å². The Kier molecular flexibility index (Phi) is 3.86. The molecule has 1 atom stereocenters. The zero-order chi connectivity index (χ0) is 14.0. The SMILES string of the molecule is Cc1cc(C)cc(N(C)c2ccc([C@@H](C)N)cn2)c1. The highest BCUT2D eigenvalue weighted by Crippen LogP contribution is 2.24. The minimum absolute atomic E-state index is 0.0214. The normalized spacial score (nSPS) is 12.3. The van der Waals surface area contributed by atoms with Gasteiger partial charge in [0.25, 0.3) is 0 Å². The lowest BCUT2D eigenvalue weighted by Gasteiger charge is -2.20. The molecule has 2 aromatic rings. The number of rotatable bonds is 3. The summed E-state index contributed by atoms with van der Waals surface area (Å²) in [4.78, 5) is 6.57. The minimum atomic E-state index is 0.0214. The Hall–Kier alpha value is -1.87. The molecule has 0 saturated heterocycles. The summed E-state index contributed by atoms with van der Waals surface area (Å²) in [5.74, 6) is 0.925. The second-order valence-electron chi connectivity index (χ2n) is 5.14. The van der Waals surface area contributed by atoms with E-state index < -0.39 is 0 Å². The van der Waals surface area contributed by atoms with E-state index in [1.54, 1.807) is 0 Å². The predicted molar refractivity (Wildman–Crippen MR) is 80.8 cm³/mol. The molecular weight excluding hydrogens is 234 g/mol. The standard InChI is InChI=1S/C16H21N3/c1-11-7-12(2)9-15(8-11)19(4)16-6-5-14(10-18-16)13(3)17/h5-10,13H,17H2,1-4H3/t13-/m1/s1. The molecule has 1 aromatic heterocycles. The van der Waals surface area contributed by atoms with Crippen molar-refractivity contribution in [3.05, 3.63) is 53.2 Å². The van der Waals surface area contributed by atoms with Crippen LogP contribution in [0.15, 0.2) is 36.5 Å². The van der Waals surface area contributed by atoms with Crippen molar-refractivity contribution in [2.24, 2.45) is 5.73 Å². The molecule has 19 heavy (non-hydrogen) atoms. The zero-order valence-corrected chi connectivity index (χ0v) is 12.0. The van der Waals surface area contributed by atoms with Crippen molar-refractivity contribution in [2.45, 2.75) is 26.8 Å². The molecule has 3 heteroatoms. The first-order chi connectivity index (χ1) is 8.97. The van der Waals surface area contributed by atoms with Gasteiger partial charge in [0.15, 0.2) is 0 Å². The third-order valence-corrected chi connectivity index (χ3v) is 3.23. The Bertz CT molecular complexity index is 538. The van der Waals surface area contributed by atoms with Crippen molar-refractivity contribution in [3.8, 4) is 0 Å². The van der Waals surface area contributed by atoms with Gasteiger partial charge in [0, 0.05) is 25.0 Å². The Morgan fingerprint density at radius 1 is 1.11 bits per heavy atom. The van der Waals surface area contributed by atoms with Crippen LogP contribution < -0.4 is 10.6 Å². The van der Waals surface area contributed by atoms with Crippen LogP contribution >= 0.6 is 0 Å². The Morgan fingerprint density at radius 2 is 1.74 bits per heavy atom. The Labute approximate surface area is 115 Å². The van der Waals surface area contributed by atoms with Crippen LogP contribution in [-0.4, -0.2) is 12.0 Å². The van der Waals surface area contributed by atoms with Crippen LogP contribution in [0.2, 0.25) is 0 Å². The van der Waals surface area contributed by atoms with Gasteiger partial charge in [-0.2, -0.15) is 0 Å². The first-order valence-corrected chi connectivity index (χ1v) is 6.51. The average molecular weight is 255 g/mol. The summed E-state index contributed by atoms with van der Waals surface area (Å²) in [6.07, 6.45) is 1.85. The second kappa shape index (κ2) is 5.41. The first-order valence-electron chi connectivity index (χ1n) is 6.51. The van der Waals surface area contributed by atoms with Crippen LogP contribution in [0.5, 0.6) is 0 Å². The van der Waals surface area contributed by atoms with Crippen LogP contribution in [0.1, 0.15) is 29.7 Å². The van der Waals surface area contributed by atoms with E-state index in [9.17, 15) is 0 Å². The maximum Gasteiger partial charge on any atom is 0.132 e. The molecule has 0 aliphatic rings. The van der Waals surface area contributed by atoms with Crippen molar-refractivity contribution < 1.29 is 0 Å². The smallest absolute Gasteiger partial charge is 0.132 e. The Balaban J connectivity index is 2.30. The summed E-state index contributed by atoms with van der Waals surface area (Å²) >= 11 is 0. The van der Waals surface area contributed by atoms with E-state index >= 15 is 0 Å². The van der Waals surface area contributed by atoms with Gasteiger partial charge in [-0.3, -0.25) is 0 Å². The highest BCUT2D eigenvalue weighted by Gasteiger charge is 2.07. The van der Waals surface area contributed by atoms with Crippen LogP contribution in [0.4, 0.5) is 11.5 Å². The number of aryl methyl sites for hydroxylation is 2. The molecule has 1 aromatic carbocycles. The zero-order valence-electron chi connectivity index (χ0n) is 12.0. The maximum atomic E-state index is 5.84. The second-order valence-corrected chi connectivity index (χ2v) is 5.14. The van der Waals surface area contributed by atoms with Crippen LogP contribution in [0.3, 0.4) is 0 Å². The van der Waals surface area contributed by atoms with E-state index in [1.807, 2.05) is 32.3 Å². The lowest BCUT2D eigenvalue weighted by molar-refractivity contribution is 0.811. The average Bonchev–Trinajstić information content (AvgIpc) is 2.37. The highest BCUT2D eigenvalue weighted by molar-refractivity contribution is 5.61. The third kappa shape index (κ3) is 3.12. The topological polar surface area (TPSA) is 42.1 Å². The van der Waals surface area contributed by atoms with Crippen molar-refractivity contribution in [2.75, 3.05) is 11.9 Å². The number of pyridine rings is 1. The summed E-state index contributed by atoms with van der Waals surface area (Å²) in [5.41, 5.74) is 10.6. The molecular formula is C16H21N3. The van der Waals surface area contributed by atoms with Crippen LogP contribution in [-0.2, 0) is 0 Å². The van der Waals surface area contributed by atoms with Gasteiger partial charge in [0.1, 0.15) is 5.82 Å². The van der Waals surface area contributed by atoms with E-state index in [1.165, 1.54) is 11.1 Å². The number of hydrogen-bond acceptors (Lipinski definition) is 3. The molecule has 2 N–H and O–H groups in total. The number of nitrogens with two attached hydrogens (primary N) is 1. The molecule has 0 saturated carbocycles. The van der Waals surface area contributed by atoms with E-state index in [0.29, 0.717) is 0 Å². The highest BCUT2D eigenvalue weighted by atomic mass is 15.2. The molecule has 0 radical (unpaired) electrons. The van der Waals surface area contributed by atoms with Gasteiger partial charge in [-0.05, 0) is 55.7 Å². The van der Waals surface area contributed by atoms with Crippen molar-refractivity contribution in [3.63, 3.8) is 0 Å². The lowest BCUT2D eigenvalue weighted by atomic mass is 10.1.